The lowest BCUT2D eigenvalue weighted by Gasteiger charge is -2.46. The van der Waals surface area contributed by atoms with Gasteiger partial charge in [0, 0.05) is 6.42 Å². The van der Waals surface area contributed by atoms with Gasteiger partial charge in [0.05, 0.1) is 21.1 Å². The molecule has 0 bridgehead atoms. The van der Waals surface area contributed by atoms with Gasteiger partial charge in [-0.15, -0.1) is 0 Å². The number of carboxylic acids is 1. The van der Waals surface area contributed by atoms with Crippen molar-refractivity contribution in [1.29, 1.82) is 0 Å². The number of nitrogens with zero attached hydrogens (tertiary/aromatic N) is 2. The SMILES string of the molecule is CN(C)C(CCCN)(C(=O)O)[N+](C)(C)C. The van der Waals surface area contributed by atoms with Crippen molar-refractivity contribution >= 4 is 5.97 Å². The van der Waals surface area contributed by atoms with Crippen LogP contribution in [0.2, 0.25) is 0 Å². The number of nitrogens with two attached hydrogens (primary N) is 1. The summed E-state index contributed by atoms with van der Waals surface area (Å²) < 4.78 is 0.356. The van der Waals surface area contributed by atoms with Crippen molar-refractivity contribution < 1.29 is 14.4 Å². The fraction of sp³-hybridized carbons (Fsp3) is 0.900. The minimum atomic E-state index is -0.903. The van der Waals surface area contributed by atoms with Gasteiger partial charge in [-0.3, -0.25) is 0 Å². The van der Waals surface area contributed by atoms with Gasteiger partial charge < -0.3 is 15.3 Å². The lowest BCUT2D eigenvalue weighted by atomic mass is 9.98. The van der Waals surface area contributed by atoms with Gasteiger partial charge in [0.15, 0.2) is 0 Å². The molecule has 0 aromatic rings. The van der Waals surface area contributed by atoms with E-state index in [4.69, 9.17) is 5.73 Å². The van der Waals surface area contributed by atoms with Crippen LogP contribution in [0.4, 0.5) is 0 Å². The third-order valence-electron chi connectivity index (χ3n) is 2.92. The largest absolute Gasteiger partial charge is 0.476 e. The predicted octanol–water partition coefficient (Wildman–Crippen LogP) is -0.226. The van der Waals surface area contributed by atoms with Crippen LogP contribution < -0.4 is 5.73 Å². The van der Waals surface area contributed by atoms with Crippen molar-refractivity contribution in [1.82, 2.24) is 4.90 Å². The standard InChI is InChI=1S/C10H23N3O2/c1-12(2)10(9(14)15,7-6-8-11)13(3,4)5/h6-8,11H2,1-5H3/p+1. The van der Waals surface area contributed by atoms with Gasteiger partial charge in [0.25, 0.3) is 5.66 Å². The topological polar surface area (TPSA) is 66.6 Å². The molecule has 0 aliphatic heterocycles. The fourth-order valence-corrected chi connectivity index (χ4v) is 2.09. The first-order chi connectivity index (χ1) is 6.70. The van der Waals surface area contributed by atoms with E-state index in [1.807, 2.05) is 21.1 Å². The summed E-state index contributed by atoms with van der Waals surface area (Å²) in [6.45, 7) is 0.517. The monoisotopic (exact) mass is 218 g/mol. The maximum absolute atomic E-state index is 11.5. The first-order valence-electron chi connectivity index (χ1n) is 5.12. The van der Waals surface area contributed by atoms with Gasteiger partial charge >= 0.3 is 5.97 Å². The minimum Gasteiger partial charge on any atom is -0.476 e. The number of rotatable bonds is 6. The normalized spacial score (nSPS) is 16.5. The van der Waals surface area contributed by atoms with Crippen molar-refractivity contribution in [2.45, 2.75) is 18.5 Å². The zero-order chi connectivity index (χ0) is 12.3. The van der Waals surface area contributed by atoms with E-state index in [9.17, 15) is 9.90 Å². The van der Waals surface area contributed by atoms with E-state index in [2.05, 4.69) is 0 Å². The molecule has 5 heteroatoms. The summed E-state index contributed by atoms with van der Waals surface area (Å²) in [5, 5.41) is 9.46. The Bertz CT molecular complexity index is 223. The summed E-state index contributed by atoms with van der Waals surface area (Å²) in [6.07, 6.45) is 1.26. The molecule has 0 radical (unpaired) electrons. The second kappa shape index (κ2) is 4.92. The van der Waals surface area contributed by atoms with Gasteiger partial charge in [-0.2, -0.15) is 0 Å². The van der Waals surface area contributed by atoms with Gasteiger partial charge in [-0.05, 0) is 27.1 Å². The molecule has 1 unspecified atom stereocenters. The Morgan fingerprint density at radius 3 is 2.07 bits per heavy atom. The Morgan fingerprint density at radius 1 is 1.40 bits per heavy atom. The Labute approximate surface area is 92.0 Å². The zero-order valence-corrected chi connectivity index (χ0v) is 10.4. The van der Waals surface area contributed by atoms with Crippen molar-refractivity contribution in [3.63, 3.8) is 0 Å². The second-order valence-corrected chi connectivity index (χ2v) is 4.92. The van der Waals surface area contributed by atoms with E-state index >= 15 is 0 Å². The van der Waals surface area contributed by atoms with Crippen LogP contribution in [0.5, 0.6) is 0 Å². The first-order valence-corrected chi connectivity index (χ1v) is 5.12. The molecule has 0 saturated heterocycles. The molecule has 0 aromatic heterocycles. The molecule has 0 heterocycles. The van der Waals surface area contributed by atoms with Crippen molar-refractivity contribution in [3.05, 3.63) is 0 Å². The van der Waals surface area contributed by atoms with Crippen LogP contribution in [0.1, 0.15) is 12.8 Å². The average molecular weight is 218 g/mol. The number of likely N-dealkylation sites (N-methyl/N-ethyl adjacent to an activating group) is 2. The fourth-order valence-electron chi connectivity index (χ4n) is 2.09. The molecule has 3 N–H and O–H groups in total. The molecule has 5 nitrogen and oxygen atoms in total. The summed E-state index contributed by atoms with van der Waals surface area (Å²) in [4.78, 5) is 13.3. The van der Waals surface area contributed by atoms with Crippen LogP contribution in [0, 0.1) is 0 Å². The number of hydrogen-bond donors (Lipinski definition) is 2. The Balaban J connectivity index is 5.19. The summed E-state index contributed by atoms with van der Waals surface area (Å²) in [5.74, 6) is -0.798. The number of hydrogen-bond acceptors (Lipinski definition) is 3. The van der Waals surface area contributed by atoms with Crippen LogP contribution in [0.15, 0.2) is 0 Å². The second-order valence-electron chi connectivity index (χ2n) is 4.92. The van der Waals surface area contributed by atoms with Crippen molar-refractivity contribution in [2.75, 3.05) is 41.8 Å². The number of aliphatic carboxylic acids is 1. The van der Waals surface area contributed by atoms with E-state index < -0.39 is 11.6 Å². The first kappa shape index (κ1) is 14.3. The molecule has 1 atom stereocenters. The summed E-state index contributed by atoms with van der Waals surface area (Å²) in [5.41, 5.74) is 4.56. The van der Waals surface area contributed by atoms with Crippen molar-refractivity contribution in [3.8, 4) is 0 Å². The highest BCUT2D eigenvalue weighted by Crippen LogP contribution is 2.27. The number of carbonyl (C=O) groups is 1. The molecule has 90 valence electrons. The summed E-state index contributed by atoms with van der Waals surface area (Å²) in [6, 6.07) is 0. The van der Waals surface area contributed by atoms with Crippen LogP contribution in [-0.4, -0.2) is 67.9 Å². The van der Waals surface area contributed by atoms with E-state index in [-0.39, 0.29) is 0 Å². The number of carboxylic acid groups (broad SMARTS) is 1. The van der Waals surface area contributed by atoms with E-state index in [0.717, 1.165) is 0 Å². The highest BCUT2D eigenvalue weighted by atomic mass is 16.4. The molecule has 0 fully saturated rings. The Morgan fingerprint density at radius 2 is 1.87 bits per heavy atom. The van der Waals surface area contributed by atoms with Gasteiger partial charge in [-0.25, -0.2) is 9.69 Å². The van der Waals surface area contributed by atoms with Gasteiger partial charge in [-0.1, -0.05) is 0 Å². The lowest BCUT2D eigenvalue weighted by Crippen LogP contribution is -2.69. The smallest absolute Gasteiger partial charge is 0.382 e. The minimum absolute atomic E-state index is 0.356. The molecule has 0 aliphatic carbocycles. The Kier molecular flexibility index (Phi) is 4.70. The maximum atomic E-state index is 11.5. The summed E-state index contributed by atoms with van der Waals surface area (Å²) in [7, 11) is 9.28. The van der Waals surface area contributed by atoms with E-state index in [1.54, 1.807) is 19.0 Å². The maximum Gasteiger partial charge on any atom is 0.382 e. The van der Waals surface area contributed by atoms with Crippen molar-refractivity contribution in [2.24, 2.45) is 5.73 Å². The van der Waals surface area contributed by atoms with Gasteiger partial charge in [0.2, 0.25) is 0 Å². The highest BCUT2D eigenvalue weighted by molar-refractivity contribution is 5.76. The molecule has 0 aromatic carbocycles. The third-order valence-corrected chi connectivity index (χ3v) is 2.92. The molecular formula is C10H24N3O2+. The molecule has 0 rings (SSSR count). The summed E-state index contributed by atoms with van der Waals surface area (Å²) >= 11 is 0. The Hall–Kier alpha value is -0.650. The quantitative estimate of drug-likeness (QED) is 0.477. The predicted molar refractivity (Wildman–Crippen MR) is 60.4 cm³/mol. The lowest BCUT2D eigenvalue weighted by molar-refractivity contribution is -0.927. The van der Waals surface area contributed by atoms with E-state index in [1.165, 1.54) is 0 Å². The molecule has 0 saturated carbocycles. The van der Waals surface area contributed by atoms with Crippen LogP contribution in [-0.2, 0) is 4.79 Å². The molecule has 0 aliphatic rings. The highest BCUT2D eigenvalue weighted by Gasteiger charge is 2.52. The van der Waals surface area contributed by atoms with Crippen LogP contribution in [0.25, 0.3) is 0 Å². The number of quaternary nitrogens is 1. The van der Waals surface area contributed by atoms with Gasteiger partial charge in [0.1, 0.15) is 0 Å². The van der Waals surface area contributed by atoms with Crippen LogP contribution >= 0.6 is 0 Å². The zero-order valence-electron chi connectivity index (χ0n) is 10.4. The van der Waals surface area contributed by atoms with E-state index in [0.29, 0.717) is 23.9 Å². The molecule has 0 spiro atoms. The third kappa shape index (κ3) is 2.68. The molecule has 0 amide bonds. The molecular weight excluding hydrogens is 194 g/mol. The molecule has 15 heavy (non-hydrogen) atoms. The average Bonchev–Trinajstić information content (AvgIpc) is 2.01. The van der Waals surface area contributed by atoms with Crippen LogP contribution in [0.3, 0.4) is 0 Å².